The molecule has 4 nitrogen and oxygen atoms in total. The number of fused-ring (bicyclic) bond motifs is 1. The number of benzene rings is 1. The third-order valence-corrected chi connectivity index (χ3v) is 5.79. The summed E-state index contributed by atoms with van der Waals surface area (Å²) in [6, 6.07) is 8.72. The normalized spacial score (nSPS) is 39.1. The minimum atomic E-state index is -0.404. The van der Waals surface area contributed by atoms with Gasteiger partial charge in [0.2, 0.25) is 0 Å². The molecule has 22 heavy (non-hydrogen) atoms. The first-order valence-electron chi connectivity index (χ1n) is 8.53. The zero-order chi connectivity index (χ0) is 15.1. The van der Waals surface area contributed by atoms with E-state index in [0.717, 1.165) is 37.8 Å². The van der Waals surface area contributed by atoms with Crippen LogP contribution in [-0.4, -0.2) is 53.1 Å². The maximum Gasteiger partial charge on any atom is 0.0951 e. The summed E-state index contributed by atoms with van der Waals surface area (Å²) in [5.74, 6) is 0.187. The number of rotatable bonds is 2. The van der Waals surface area contributed by atoms with Crippen LogP contribution in [0.3, 0.4) is 0 Å². The van der Waals surface area contributed by atoms with Crippen LogP contribution in [0.2, 0.25) is 0 Å². The molecule has 5 unspecified atom stereocenters. The van der Waals surface area contributed by atoms with Gasteiger partial charge in [-0.1, -0.05) is 24.3 Å². The molecule has 1 aromatic carbocycles. The van der Waals surface area contributed by atoms with Crippen LogP contribution in [0.25, 0.3) is 0 Å². The van der Waals surface area contributed by atoms with Crippen molar-refractivity contribution in [3.8, 4) is 0 Å². The van der Waals surface area contributed by atoms with E-state index in [2.05, 4.69) is 11.0 Å². The molecule has 0 bridgehead atoms. The van der Waals surface area contributed by atoms with Crippen molar-refractivity contribution in [2.75, 3.05) is 19.8 Å². The number of nitrogens with zero attached hydrogens (tertiary/aromatic N) is 1. The van der Waals surface area contributed by atoms with Crippen molar-refractivity contribution in [3.63, 3.8) is 0 Å². The van der Waals surface area contributed by atoms with Gasteiger partial charge in [0.05, 0.1) is 18.8 Å². The Morgan fingerprint density at radius 3 is 2.77 bits per heavy atom. The van der Waals surface area contributed by atoms with Gasteiger partial charge in [0.15, 0.2) is 0 Å². The van der Waals surface area contributed by atoms with Crippen molar-refractivity contribution in [3.05, 3.63) is 35.4 Å². The van der Waals surface area contributed by atoms with Gasteiger partial charge in [-0.3, -0.25) is 4.90 Å². The van der Waals surface area contributed by atoms with Crippen LogP contribution in [-0.2, 0) is 11.2 Å². The molecule has 3 aliphatic rings. The van der Waals surface area contributed by atoms with Gasteiger partial charge in [-0.15, -0.1) is 0 Å². The molecule has 4 rings (SSSR count). The smallest absolute Gasteiger partial charge is 0.0951 e. The second-order valence-electron chi connectivity index (χ2n) is 6.96. The highest BCUT2D eigenvalue weighted by molar-refractivity contribution is 5.36. The predicted molar refractivity (Wildman–Crippen MR) is 83.6 cm³/mol. The van der Waals surface area contributed by atoms with Gasteiger partial charge in [-0.25, -0.2) is 0 Å². The minimum Gasteiger partial charge on any atom is -0.393 e. The van der Waals surface area contributed by atoms with Crippen molar-refractivity contribution in [1.82, 2.24) is 4.90 Å². The SMILES string of the molecule is OC1CCOCC1C1CCCN1C1Cc2ccccc2C1O. The molecule has 0 saturated carbocycles. The van der Waals surface area contributed by atoms with Crippen molar-refractivity contribution in [1.29, 1.82) is 0 Å². The third kappa shape index (κ3) is 2.38. The minimum absolute atomic E-state index is 0.152. The molecular formula is C18H25NO3. The average Bonchev–Trinajstić information content (AvgIpc) is 3.13. The molecule has 0 aromatic heterocycles. The van der Waals surface area contributed by atoms with Crippen LogP contribution in [0, 0.1) is 5.92 Å². The molecule has 0 spiro atoms. The fraction of sp³-hybridized carbons (Fsp3) is 0.667. The highest BCUT2D eigenvalue weighted by Gasteiger charge is 2.44. The molecule has 5 atom stereocenters. The molecule has 0 amide bonds. The fourth-order valence-corrected chi connectivity index (χ4v) is 4.65. The monoisotopic (exact) mass is 303 g/mol. The highest BCUT2D eigenvalue weighted by Crippen LogP contribution is 2.40. The van der Waals surface area contributed by atoms with Crippen molar-refractivity contribution in [2.45, 2.75) is 50.0 Å². The Bertz CT molecular complexity index is 535. The summed E-state index contributed by atoms with van der Waals surface area (Å²) >= 11 is 0. The maximum absolute atomic E-state index is 10.7. The molecule has 2 saturated heterocycles. The van der Waals surface area contributed by atoms with Crippen LogP contribution in [0.4, 0.5) is 0 Å². The molecule has 4 heteroatoms. The molecular weight excluding hydrogens is 278 g/mol. The quantitative estimate of drug-likeness (QED) is 0.869. The number of hydrogen-bond acceptors (Lipinski definition) is 4. The van der Waals surface area contributed by atoms with Gasteiger partial charge < -0.3 is 14.9 Å². The predicted octanol–water partition coefficient (Wildman–Crippen LogP) is 1.51. The Morgan fingerprint density at radius 1 is 1.09 bits per heavy atom. The summed E-state index contributed by atoms with van der Waals surface area (Å²) in [5.41, 5.74) is 2.35. The molecule has 1 aliphatic carbocycles. The van der Waals surface area contributed by atoms with Crippen molar-refractivity contribution in [2.24, 2.45) is 5.92 Å². The van der Waals surface area contributed by atoms with Gasteiger partial charge in [0.1, 0.15) is 0 Å². The number of aliphatic hydroxyl groups excluding tert-OH is 2. The summed E-state index contributed by atoms with van der Waals surface area (Å²) in [4.78, 5) is 2.45. The summed E-state index contributed by atoms with van der Waals surface area (Å²) in [5, 5.41) is 21.1. The zero-order valence-electron chi connectivity index (χ0n) is 12.9. The molecule has 120 valence electrons. The topological polar surface area (TPSA) is 52.9 Å². The van der Waals surface area contributed by atoms with Gasteiger partial charge >= 0.3 is 0 Å². The summed E-state index contributed by atoms with van der Waals surface area (Å²) < 4.78 is 5.62. The van der Waals surface area contributed by atoms with E-state index in [-0.39, 0.29) is 18.1 Å². The van der Waals surface area contributed by atoms with Gasteiger partial charge in [-0.2, -0.15) is 0 Å². The van der Waals surface area contributed by atoms with E-state index in [1.165, 1.54) is 5.56 Å². The molecule has 2 fully saturated rings. The summed E-state index contributed by atoms with van der Waals surface area (Å²) in [6.07, 6.45) is 3.23. The van der Waals surface area contributed by atoms with E-state index in [4.69, 9.17) is 4.74 Å². The number of hydrogen-bond donors (Lipinski definition) is 2. The van der Waals surface area contributed by atoms with Crippen LogP contribution in [0.15, 0.2) is 24.3 Å². The average molecular weight is 303 g/mol. The van der Waals surface area contributed by atoms with E-state index in [0.29, 0.717) is 19.3 Å². The molecule has 0 radical (unpaired) electrons. The lowest BCUT2D eigenvalue weighted by Gasteiger charge is -2.40. The van der Waals surface area contributed by atoms with E-state index < -0.39 is 6.10 Å². The van der Waals surface area contributed by atoms with Crippen molar-refractivity contribution >= 4 is 0 Å². The highest BCUT2D eigenvalue weighted by atomic mass is 16.5. The molecule has 2 aliphatic heterocycles. The first-order valence-corrected chi connectivity index (χ1v) is 8.53. The first-order chi connectivity index (χ1) is 10.8. The third-order valence-electron chi connectivity index (χ3n) is 5.79. The van der Waals surface area contributed by atoms with Crippen LogP contribution >= 0.6 is 0 Å². The Kier molecular flexibility index (Phi) is 3.95. The Balaban J connectivity index is 1.55. The fourth-order valence-electron chi connectivity index (χ4n) is 4.65. The Hall–Kier alpha value is -0.940. The lowest BCUT2D eigenvalue weighted by molar-refractivity contribution is -0.0746. The second-order valence-corrected chi connectivity index (χ2v) is 6.96. The van der Waals surface area contributed by atoms with Gasteiger partial charge in [-0.05, 0) is 43.4 Å². The summed E-state index contributed by atoms with van der Waals surface area (Å²) in [6.45, 7) is 2.34. The molecule has 2 N–H and O–H groups in total. The van der Waals surface area contributed by atoms with Crippen LogP contribution in [0.5, 0.6) is 0 Å². The van der Waals surface area contributed by atoms with Crippen LogP contribution < -0.4 is 0 Å². The van der Waals surface area contributed by atoms with Crippen LogP contribution in [0.1, 0.15) is 36.5 Å². The lowest BCUT2D eigenvalue weighted by Crippen LogP contribution is -2.50. The summed E-state index contributed by atoms with van der Waals surface area (Å²) in [7, 11) is 0. The van der Waals surface area contributed by atoms with E-state index in [1.807, 2.05) is 18.2 Å². The van der Waals surface area contributed by atoms with Crippen molar-refractivity contribution < 1.29 is 14.9 Å². The standard InChI is InChI=1S/C18H25NO3/c20-17-7-9-22-11-14(17)15-6-3-8-19(15)16-10-12-4-1-2-5-13(12)18(16)21/h1-2,4-5,14-18,20-21H,3,6-11H2. The number of aliphatic hydroxyl groups is 2. The van der Waals surface area contributed by atoms with Gasteiger partial charge in [0.25, 0.3) is 0 Å². The zero-order valence-corrected chi connectivity index (χ0v) is 12.9. The van der Waals surface area contributed by atoms with Gasteiger partial charge in [0, 0.05) is 24.6 Å². The molecule has 1 aromatic rings. The Labute approximate surface area is 131 Å². The van der Waals surface area contributed by atoms with E-state index in [1.54, 1.807) is 0 Å². The second kappa shape index (κ2) is 5.93. The first kappa shape index (κ1) is 14.6. The largest absolute Gasteiger partial charge is 0.393 e. The molecule has 2 heterocycles. The Morgan fingerprint density at radius 2 is 1.95 bits per heavy atom. The van der Waals surface area contributed by atoms with E-state index in [9.17, 15) is 10.2 Å². The lowest BCUT2D eigenvalue weighted by atomic mass is 9.88. The van der Waals surface area contributed by atoms with E-state index >= 15 is 0 Å². The number of ether oxygens (including phenoxy) is 1. The number of likely N-dealkylation sites (tertiary alicyclic amines) is 1. The maximum atomic E-state index is 10.7.